The summed E-state index contributed by atoms with van der Waals surface area (Å²) in [6.45, 7) is 8.77. The second kappa shape index (κ2) is 6.31. The second-order valence-corrected chi connectivity index (χ2v) is 5.49. The van der Waals surface area contributed by atoms with Crippen molar-refractivity contribution in [3.63, 3.8) is 0 Å². The van der Waals surface area contributed by atoms with E-state index in [0.717, 1.165) is 36.5 Å². The molecular formula is C12H22N4S. The summed E-state index contributed by atoms with van der Waals surface area (Å²) in [7, 11) is 0. The van der Waals surface area contributed by atoms with Crippen LogP contribution < -0.4 is 10.2 Å². The fraction of sp³-hybridized carbons (Fsp3) is 0.833. The molecule has 1 N–H and O–H groups in total. The highest BCUT2D eigenvalue weighted by Crippen LogP contribution is 2.24. The number of piperidine rings is 1. The topological polar surface area (TPSA) is 41.0 Å². The molecule has 2 heterocycles. The highest BCUT2D eigenvalue weighted by molar-refractivity contribution is 7.09. The van der Waals surface area contributed by atoms with Crippen LogP contribution in [0.3, 0.4) is 0 Å². The van der Waals surface area contributed by atoms with E-state index in [1.807, 2.05) is 6.92 Å². The van der Waals surface area contributed by atoms with Crippen LogP contribution in [0.2, 0.25) is 0 Å². The first kappa shape index (κ1) is 12.8. The highest BCUT2D eigenvalue weighted by atomic mass is 32.1. The summed E-state index contributed by atoms with van der Waals surface area (Å²) in [6, 6.07) is 0. The quantitative estimate of drug-likeness (QED) is 0.817. The number of nitrogens with zero attached hydrogens (tertiary/aromatic N) is 3. The zero-order valence-electron chi connectivity index (χ0n) is 10.8. The van der Waals surface area contributed by atoms with Crippen molar-refractivity contribution in [1.82, 2.24) is 14.7 Å². The standard InChI is InChI=1S/C12H22N4S/c1-3-6-13-9-11-4-7-16(8-5-11)12-14-10(2)15-17-12/h11,13H,3-9H2,1-2H3. The summed E-state index contributed by atoms with van der Waals surface area (Å²) in [4.78, 5) is 6.83. The predicted molar refractivity (Wildman–Crippen MR) is 72.7 cm³/mol. The van der Waals surface area contributed by atoms with Crippen LogP contribution in [-0.4, -0.2) is 35.5 Å². The number of rotatable bonds is 5. The second-order valence-electron chi connectivity index (χ2n) is 4.76. The van der Waals surface area contributed by atoms with Crippen LogP contribution >= 0.6 is 11.5 Å². The lowest BCUT2D eigenvalue weighted by Crippen LogP contribution is -2.37. The van der Waals surface area contributed by atoms with Gasteiger partial charge in [0.2, 0.25) is 5.13 Å². The lowest BCUT2D eigenvalue weighted by molar-refractivity contribution is 0.383. The Morgan fingerprint density at radius 2 is 2.18 bits per heavy atom. The van der Waals surface area contributed by atoms with Crippen molar-refractivity contribution < 1.29 is 0 Å². The molecule has 0 atom stereocenters. The first-order chi connectivity index (χ1) is 8.29. The van der Waals surface area contributed by atoms with E-state index in [2.05, 4.69) is 26.5 Å². The Balaban J connectivity index is 1.74. The fourth-order valence-electron chi connectivity index (χ4n) is 2.23. The molecule has 1 aromatic rings. The number of aromatic nitrogens is 2. The lowest BCUT2D eigenvalue weighted by atomic mass is 9.97. The molecule has 17 heavy (non-hydrogen) atoms. The van der Waals surface area contributed by atoms with Crippen LogP contribution in [0.4, 0.5) is 5.13 Å². The van der Waals surface area contributed by atoms with Crippen LogP contribution in [0.25, 0.3) is 0 Å². The third kappa shape index (κ3) is 3.64. The Labute approximate surface area is 108 Å². The average molecular weight is 254 g/mol. The molecular weight excluding hydrogens is 232 g/mol. The normalized spacial score (nSPS) is 17.6. The third-order valence-electron chi connectivity index (χ3n) is 3.26. The van der Waals surface area contributed by atoms with E-state index < -0.39 is 0 Å². The van der Waals surface area contributed by atoms with Crippen molar-refractivity contribution in [2.24, 2.45) is 5.92 Å². The minimum Gasteiger partial charge on any atom is -0.347 e. The van der Waals surface area contributed by atoms with E-state index in [-0.39, 0.29) is 0 Å². The molecule has 1 saturated heterocycles. The molecule has 0 aliphatic carbocycles. The van der Waals surface area contributed by atoms with Gasteiger partial charge in [-0.25, -0.2) is 4.98 Å². The molecule has 0 unspecified atom stereocenters. The zero-order valence-corrected chi connectivity index (χ0v) is 11.6. The molecule has 0 aromatic carbocycles. The molecule has 0 radical (unpaired) electrons. The van der Waals surface area contributed by atoms with Crippen molar-refractivity contribution in [2.45, 2.75) is 33.1 Å². The molecule has 1 aliphatic heterocycles. The minimum absolute atomic E-state index is 0.840. The van der Waals surface area contributed by atoms with Gasteiger partial charge >= 0.3 is 0 Å². The van der Waals surface area contributed by atoms with Crippen LogP contribution in [-0.2, 0) is 0 Å². The van der Waals surface area contributed by atoms with E-state index >= 15 is 0 Å². The number of aryl methyl sites for hydroxylation is 1. The van der Waals surface area contributed by atoms with Crippen molar-refractivity contribution in [3.05, 3.63) is 5.82 Å². The smallest absolute Gasteiger partial charge is 0.205 e. The first-order valence-electron chi connectivity index (χ1n) is 6.55. The molecule has 1 aliphatic rings. The maximum absolute atomic E-state index is 4.45. The maximum atomic E-state index is 4.45. The molecule has 0 bridgehead atoms. The molecule has 2 rings (SSSR count). The minimum atomic E-state index is 0.840. The zero-order chi connectivity index (χ0) is 12.1. The highest BCUT2D eigenvalue weighted by Gasteiger charge is 2.20. The third-order valence-corrected chi connectivity index (χ3v) is 4.13. The van der Waals surface area contributed by atoms with Crippen molar-refractivity contribution in [1.29, 1.82) is 0 Å². The largest absolute Gasteiger partial charge is 0.347 e. The number of hydrogen-bond donors (Lipinski definition) is 1. The Kier molecular flexibility index (Phi) is 4.74. The van der Waals surface area contributed by atoms with Crippen molar-refractivity contribution in [2.75, 3.05) is 31.1 Å². The summed E-state index contributed by atoms with van der Waals surface area (Å²) in [5, 5.41) is 4.62. The van der Waals surface area contributed by atoms with Crippen LogP contribution in [0, 0.1) is 12.8 Å². The van der Waals surface area contributed by atoms with Gasteiger partial charge in [-0.2, -0.15) is 4.37 Å². The Bertz CT molecular complexity index is 331. The summed E-state index contributed by atoms with van der Waals surface area (Å²) in [5.74, 6) is 1.74. The first-order valence-corrected chi connectivity index (χ1v) is 7.33. The van der Waals surface area contributed by atoms with Crippen LogP contribution in [0.1, 0.15) is 32.0 Å². The summed E-state index contributed by atoms with van der Waals surface area (Å²) in [6.07, 6.45) is 3.77. The van der Waals surface area contributed by atoms with E-state index in [9.17, 15) is 0 Å². The molecule has 96 valence electrons. The SMILES string of the molecule is CCCNCC1CCN(c2nc(C)ns2)CC1. The fourth-order valence-corrected chi connectivity index (χ4v) is 2.95. The molecule has 0 saturated carbocycles. The Hall–Kier alpha value is -0.680. The van der Waals surface area contributed by atoms with Gasteiger partial charge in [-0.3, -0.25) is 0 Å². The molecule has 5 heteroatoms. The lowest BCUT2D eigenvalue weighted by Gasteiger charge is -2.31. The van der Waals surface area contributed by atoms with Gasteiger partial charge in [-0.15, -0.1) is 0 Å². The Morgan fingerprint density at radius 1 is 1.41 bits per heavy atom. The van der Waals surface area contributed by atoms with E-state index in [1.165, 1.54) is 37.3 Å². The summed E-state index contributed by atoms with van der Waals surface area (Å²) < 4.78 is 4.25. The van der Waals surface area contributed by atoms with Crippen molar-refractivity contribution >= 4 is 16.7 Å². The van der Waals surface area contributed by atoms with Gasteiger partial charge in [0.05, 0.1) is 0 Å². The molecule has 4 nitrogen and oxygen atoms in total. The van der Waals surface area contributed by atoms with Gasteiger partial charge in [0.25, 0.3) is 0 Å². The van der Waals surface area contributed by atoms with Gasteiger partial charge in [0.15, 0.2) is 0 Å². The summed E-state index contributed by atoms with van der Waals surface area (Å²) >= 11 is 1.53. The van der Waals surface area contributed by atoms with Gasteiger partial charge in [0, 0.05) is 24.6 Å². The van der Waals surface area contributed by atoms with Crippen LogP contribution in [0.5, 0.6) is 0 Å². The van der Waals surface area contributed by atoms with Crippen LogP contribution in [0.15, 0.2) is 0 Å². The van der Waals surface area contributed by atoms with Gasteiger partial charge in [-0.1, -0.05) is 6.92 Å². The summed E-state index contributed by atoms with van der Waals surface area (Å²) in [5.41, 5.74) is 0. The van der Waals surface area contributed by atoms with Gasteiger partial charge in [-0.05, 0) is 45.2 Å². The van der Waals surface area contributed by atoms with Gasteiger partial charge < -0.3 is 10.2 Å². The van der Waals surface area contributed by atoms with Crippen molar-refractivity contribution in [3.8, 4) is 0 Å². The number of hydrogen-bond acceptors (Lipinski definition) is 5. The molecule has 0 amide bonds. The Morgan fingerprint density at radius 3 is 2.76 bits per heavy atom. The van der Waals surface area contributed by atoms with E-state index in [0.29, 0.717) is 0 Å². The maximum Gasteiger partial charge on any atom is 0.205 e. The molecule has 1 fully saturated rings. The molecule has 0 spiro atoms. The number of nitrogens with one attached hydrogen (secondary N) is 1. The van der Waals surface area contributed by atoms with E-state index in [1.54, 1.807) is 0 Å². The number of anilines is 1. The molecule has 1 aromatic heterocycles. The van der Waals surface area contributed by atoms with E-state index in [4.69, 9.17) is 0 Å². The predicted octanol–water partition coefficient (Wildman–Crippen LogP) is 2.06. The van der Waals surface area contributed by atoms with Gasteiger partial charge in [0.1, 0.15) is 5.82 Å². The monoisotopic (exact) mass is 254 g/mol. The average Bonchev–Trinajstić information content (AvgIpc) is 2.77.